The molecular formula is C21H26FN5S. The molecule has 1 aliphatic carbocycles. The Morgan fingerprint density at radius 2 is 1.89 bits per heavy atom. The van der Waals surface area contributed by atoms with E-state index in [-0.39, 0.29) is 5.82 Å². The second-order valence-corrected chi connectivity index (χ2v) is 9.26. The number of nitrogens with zero attached hydrogens (tertiary/aromatic N) is 3. The van der Waals surface area contributed by atoms with Crippen LogP contribution in [0.2, 0.25) is 0 Å². The third-order valence-corrected chi connectivity index (χ3v) is 7.28. The molecule has 5 nitrogen and oxygen atoms in total. The minimum Gasteiger partial charge on any atom is -0.356 e. The molecule has 0 bridgehead atoms. The first-order valence-corrected chi connectivity index (χ1v) is 11.3. The molecule has 0 saturated heterocycles. The van der Waals surface area contributed by atoms with E-state index in [0.29, 0.717) is 12.0 Å². The summed E-state index contributed by atoms with van der Waals surface area (Å²) in [5.74, 6) is 3.07. The van der Waals surface area contributed by atoms with Gasteiger partial charge in [0.1, 0.15) is 23.6 Å². The van der Waals surface area contributed by atoms with Crippen LogP contribution in [0.5, 0.6) is 0 Å². The number of rotatable bonds is 6. The highest BCUT2D eigenvalue weighted by Gasteiger charge is 2.26. The van der Waals surface area contributed by atoms with Gasteiger partial charge < -0.3 is 9.88 Å². The molecule has 28 heavy (non-hydrogen) atoms. The number of H-pyrrole nitrogens is 1. The number of hydrogen-bond donors (Lipinski definition) is 2. The Morgan fingerprint density at radius 3 is 2.64 bits per heavy atom. The summed E-state index contributed by atoms with van der Waals surface area (Å²) in [6.45, 7) is 0. The quantitative estimate of drug-likeness (QED) is 0.633. The number of anilines is 1. The van der Waals surface area contributed by atoms with Crippen molar-refractivity contribution in [3.8, 4) is 0 Å². The molecule has 7 heteroatoms. The van der Waals surface area contributed by atoms with Crippen molar-refractivity contribution in [2.75, 3.05) is 17.7 Å². The lowest BCUT2D eigenvalue weighted by atomic mass is 9.86. The van der Waals surface area contributed by atoms with Gasteiger partial charge in [-0.15, -0.1) is 0 Å². The number of benzene rings is 1. The van der Waals surface area contributed by atoms with E-state index in [1.54, 1.807) is 18.5 Å². The van der Waals surface area contributed by atoms with Crippen LogP contribution >= 0.6 is 0 Å². The van der Waals surface area contributed by atoms with Crippen LogP contribution in [0.25, 0.3) is 11.0 Å². The van der Waals surface area contributed by atoms with Crippen LogP contribution in [-0.4, -0.2) is 33.8 Å². The number of hydrogen-bond acceptors (Lipinski definition) is 4. The normalized spacial score (nSPS) is 20.9. The second kappa shape index (κ2) is 8.39. The molecule has 0 radical (unpaired) electrons. The Bertz CT molecular complexity index is 947. The van der Waals surface area contributed by atoms with Crippen LogP contribution in [0.3, 0.4) is 0 Å². The second-order valence-electron chi connectivity index (χ2n) is 7.65. The van der Waals surface area contributed by atoms with Gasteiger partial charge in [-0.2, -0.15) is 0 Å². The van der Waals surface area contributed by atoms with Gasteiger partial charge in [-0.05, 0) is 55.4 Å². The molecule has 0 aliphatic heterocycles. The first-order chi connectivity index (χ1) is 13.6. The van der Waals surface area contributed by atoms with Crippen LogP contribution in [0.1, 0.15) is 31.2 Å². The fraction of sp³-hybridized carbons (Fsp3) is 0.429. The van der Waals surface area contributed by atoms with Gasteiger partial charge in [-0.1, -0.05) is 22.8 Å². The monoisotopic (exact) mass is 399 g/mol. The Labute approximate surface area is 167 Å². The zero-order chi connectivity index (χ0) is 19.5. The zero-order valence-electron chi connectivity index (χ0n) is 16.1. The average molecular weight is 400 g/mol. The summed E-state index contributed by atoms with van der Waals surface area (Å²) in [4.78, 5) is 14.2. The lowest BCUT2D eigenvalue weighted by molar-refractivity contribution is 0.344. The predicted octanol–water partition coefficient (Wildman–Crippen LogP) is 4.67. The zero-order valence-corrected chi connectivity index (χ0v) is 16.9. The molecule has 2 heterocycles. The number of fused-ring (bicyclic) bond motifs is 1. The minimum absolute atomic E-state index is 0.211. The minimum atomic E-state index is -0.407. The molecule has 2 aromatic heterocycles. The lowest BCUT2D eigenvalue weighted by Crippen LogP contribution is -2.36. The van der Waals surface area contributed by atoms with Crippen molar-refractivity contribution in [3.05, 3.63) is 54.2 Å². The van der Waals surface area contributed by atoms with Crippen molar-refractivity contribution in [3.63, 3.8) is 0 Å². The largest absolute Gasteiger partial charge is 0.356 e. The maximum absolute atomic E-state index is 13.0. The van der Waals surface area contributed by atoms with Gasteiger partial charge in [0.2, 0.25) is 0 Å². The Balaban J connectivity index is 1.31. The number of aromatic amines is 1. The standard InChI is InChI=1S/C21H26FN5S/c1-27(21-19-10-11-24-20(19)25-14-26-21)18-8-4-16(5-9-18)13-28(23)12-15-2-6-17(22)7-3-15/h2-3,6-7,10-11,14,16,18,23H,4-5,8-9,12-13H2,1H3,(H,24,25,26)/t16-,18+,28?. The lowest BCUT2D eigenvalue weighted by Gasteiger charge is -2.35. The molecule has 2 N–H and O–H groups in total. The third kappa shape index (κ3) is 4.24. The van der Waals surface area contributed by atoms with Gasteiger partial charge in [0.15, 0.2) is 0 Å². The molecule has 0 spiro atoms. The van der Waals surface area contributed by atoms with Crippen molar-refractivity contribution in [2.24, 2.45) is 5.92 Å². The summed E-state index contributed by atoms with van der Waals surface area (Å²) in [5.41, 5.74) is 1.94. The molecule has 1 fully saturated rings. The van der Waals surface area contributed by atoms with E-state index < -0.39 is 10.7 Å². The molecule has 1 saturated carbocycles. The van der Waals surface area contributed by atoms with Crippen molar-refractivity contribution in [2.45, 2.75) is 37.5 Å². The molecular weight excluding hydrogens is 373 g/mol. The van der Waals surface area contributed by atoms with Crippen LogP contribution < -0.4 is 4.90 Å². The Morgan fingerprint density at radius 1 is 1.14 bits per heavy atom. The van der Waals surface area contributed by atoms with Crippen molar-refractivity contribution >= 4 is 27.5 Å². The SMILES string of the molecule is CN(c1ncnc2[nH]ccc12)[C@H]1CC[C@@H](CS(=N)Cc2ccc(F)cc2)CC1. The van der Waals surface area contributed by atoms with Crippen LogP contribution in [0.4, 0.5) is 10.2 Å². The summed E-state index contributed by atoms with van der Waals surface area (Å²) in [5, 5.41) is 1.07. The van der Waals surface area contributed by atoms with Gasteiger partial charge >= 0.3 is 0 Å². The smallest absolute Gasteiger partial charge is 0.142 e. The summed E-state index contributed by atoms with van der Waals surface area (Å²) in [6.07, 6.45) is 8.10. The maximum Gasteiger partial charge on any atom is 0.142 e. The first-order valence-electron chi connectivity index (χ1n) is 9.74. The van der Waals surface area contributed by atoms with E-state index in [1.807, 2.05) is 12.3 Å². The number of halogens is 1. The van der Waals surface area contributed by atoms with Gasteiger partial charge in [0, 0.05) is 30.8 Å². The highest BCUT2D eigenvalue weighted by molar-refractivity contribution is 7.85. The number of aromatic nitrogens is 3. The van der Waals surface area contributed by atoms with Crippen molar-refractivity contribution in [1.82, 2.24) is 15.0 Å². The fourth-order valence-electron chi connectivity index (χ4n) is 4.14. The van der Waals surface area contributed by atoms with E-state index in [2.05, 4.69) is 26.9 Å². The highest BCUT2D eigenvalue weighted by atomic mass is 32.2. The number of nitrogens with one attached hydrogen (secondary N) is 2. The predicted molar refractivity (Wildman–Crippen MR) is 113 cm³/mol. The maximum atomic E-state index is 13.0. The van der Waals surface area contributed by atoms with Crippen molar-refractivity contribution < 1.29 is 4.39 Å². The average Bonchev–Trinajstić information content (AvgIpc) is 3.19. The molecule has 4 rings (SSSR count). The van der Waals surface area contributed by atoms with E-state index >= 15 is 0 Å². The van der Waals surface area contributed by atoms with Gasteiger partial charge in [-0.25, -0.2) is 14.4 Å². The summed E-state index contributed by atoms with van der Waals surface area (Å²) in [6, 6.07) is 9.10. The summed E-state index contributed by atoms with van der Waals surface area (Å²) in [7, 11) is 1.72. The molecule has 1 unspecified atom stereocenters. The first kappa shape index (κ1) is 19.1. The van der Waals surface area contributed by atoms with E-state index in [4.69, 9.17) is 4.78 Å². The molecule has 1 atom stereocenters. The fourth-order valence-corrected chi connectivity index (χ4v) is 5.75. The van der Waals surface area contributed by atoms with Crippen molar-refractivity contribution in [1.29, 1.82) is 4.78 Å². The van der Waals surface area contributed by atoms with Gasteiger partial charge in [0.05, 0.1) is 5.39 Å². The van der Waals surface area contributed by atoms with Gasteiger partial charge in [0.25, 0.3) is 0 Å². The molecule has 1 aliphatic rings. The summed E-state index contributed by atoms with van der Waals surface area (Å²) < 4.78 is 21.5. The molecule has 0 amide bonds. The van der Waals surface area contributed by atoms with E-state index in [9.17, 15) is 4.39 Å². The third-order valence-electron chi connectivity index (χ3n) is 5.72. The van der Waals surface area contributed by atoms with Crippen LogP contribution in [0.15, 0.2) is 42.9 Å². The molecule has 148 valence electrons. The van der Waals surface area contributed by atoms with E-state index in [1.165, 1.54) is 12.1 Å². The molecule has 1 aromatic carbocycles. The van der Waals surface area contributed by atoms with Crippen LogP contribution in [-0.2, 0) is 16.4 Å². The topological polar surface area (TPSA) is 68.7 Å². The molecule has 3 aromatic rings. The highest BCUT2D eigenvalue weighted by Crippen LogP contribution is 2.32. The Hall–Kier alpha value is -2.28. The van der Waals surface area contributed by atoms with Gasteiger partial charge in [-0.3, -0.25) is 4.78 Å². The summed E-state index contributed by atoms with van der Waals surface area (Å²) >= 11 is 0. The van der Waals surface area contributed by atoms with Crippen LogP contribution in [0, 0.1) is 16.5 Å². The Kier molecular flexibility index (Phi) is 5.71. The van der Waals surface area contributed by atoms with E-state index in [0.717, 1.165) is 59.6 Å².